The predicted octanol–water partition coefficient (Wildman–Crippen LogP) is 1.44. The maximum absolute atomic E-state index is 12.2. The average molecular weight is 234 g/mol. The summed E-state index contributed by atoms with van der Waals surface area (Å²) in [5.74, 6) is -0.371. The van der Waals surface area contributed by atoms with Crippen molar-refractivity contribution in [3.05, 3.63) is 0 Å². The molecule has 1 rings (SSSR count). The third-order valence-corrected chi connectivity index (χ3v) is 2.89. The van der Waals surface area contributed by atoms with Crippen molar-refractivity contribution in [3.63, 3.8) is 0 Å². The molecule has 0 aromatic rings. The lowest BCUT2D eigenvalue weighted by Crippen LogP contribution is -2.50. The molecule has 0 aromatic carbocycles. The number of carbonyl (C=O) groups is 1. The van der Waals surface area contributed by atoms with Crippen LogP contribution in [0.3, 0.4) is 0 Å². The van der Waals surface area contributed by atoms with Crippen molar-refractivity contribution in [2.24, 2.45) is 5.92 Å². The Labute approximate surface area is 95.4 Å². The first-order chi connectivity index (χ1) is 7.50. The molecule has 5 heteroatoms. The van der Waals surface area contributed by atoms with Crippen molar-refractivity contribution < 1.29 is 13.6 Å². The van der Waals surface area contributed by atoms with Gasteiger partial charge in [-0.2, -0.15) is 8.78 Å². The van der Waals surface area contributed by atoms with Crippen LogP contribution in [0.15, 0.2) is 0 Å². The highest BCUT2D eigenvalue weighted by Crippen LogP contribution is 2.08. The molecule has 0 bridgehead atoms. The largest absolute Gasteiger partial charge is 0.335 e. The molecule has 94 valence electrons. The molecular formula is C11H20F2N2O. The second-order valence-electron chi connectivity index (χ2n) is 4.65. The van der Waals surface area contributed by atoms with Crippen molar-refractivity contribution in [2.75, 3.05) is 32.7 Å². The first-order valence-electron chi connectivity index (χ1n) is 5.80. The van der Waals surface area contributed by atoms with Crippen molar-refractivity contribution in [3.8, 4) is 0 Å². The Bertz CT molecular complexity index is 226. The Kier molecular flexibility index (Phi) is 5.12. The van der Waals surface area contributed by atoms with Crippen LogP contribution in [0.2, 0.25) is 0 Å². The lowest BCUT2D eigenvalue weighted by molar-refractivity contribution is -0.144. The molecule has 1 amide bonds. The summed E-state index contributed by atoms with van der Waals surface area (Å²) in [6.45, 7) is 7.61. The van der Waals surface area contributed by atoms with Gasteiger partial charge in [0.25, 0.3) is 5.91 Å². The monoisotopic (exact) mass is 234 g/mol. The number of rotatable bonds is 4. The van der Waals surface area contributed by atoms with Crippen LogP contribution in [-0.4, -0.2) is 54.9 Å². The minimum Gasteiger partial charge on any atom is -0.335 e. The quantitative estimate of drug-likeness (QED) is 0.735. The first-order valence-corrected chi connectivity index (χ1v) is 5.80. The van der Waals surface area contributed by atoms with Gasteiger partial charge >= 0.3 is 6.43 Å². The van der Waals surface area contributed by atoms with E-state index in [1.807, 2.05) is 0 Å². The summed E-state index contributed by atoms with van der Waals surface area (Å²) in [4.78, 5) is 14.5. The Morgan fingerprint density at radius 2 is 1.75 bits per heavy atom. The van der Waals surface area contributed by atoms with Gasteiger partial charge < -0.3 is 4.90 Å². The summed E-state index contributed by atoms with van der Waals surface area (Å²) >= 11 is 0. The Morgan fingerprint density at radius 1 is 1.19 bits per heavy atom. The number of halogens is 2. The van der Waals surface area contributed by atoms with Crippen molar-refractivity contribution in [1.82, 2.24) is 9.80 Å². The van der Waals surface area contributed by atoms with Crippen LogP contribution in [0.5, 0.6) is 0 Å². The van der Waals surface area contributed by atoms with Gasteiger partial charge in [-0.25, -0.2) is 0 Å². The number of piperazine rings is 1. The lowest BCUT2D eigenvalue weighted by Gasteiger charge is -2.34. The zero-order chi connectivity index (χ0) is 12.1. The van der Waals surface area contributed by atoms with Gasteiger partial charge in [0.1, 0.15) is 0 Å². The van der Waals surface area contributed by atoms with Gasteiger partial charge in [-0.05, 0) is 18.9 Å². The molecule has 1 heterocycles. The third kappa shape index (κ3) is 4.04. The summed E-state index contributed by atoms with van der Waals surface area (Å²) in [5, 5.41) is 0. The molecule has 1 aliphatic rings. The van der Waals surface area contributed by atoms with E-state index >= 15 is 0 Å². The number of hydrogen-bond acceptors (Lipinski definition) is 2. The summed E-state index contributed by atoms with van der Waals surface area (Å²) in [7, 11) is 0. The Balaban J connectivity index is 2.26. The van der Waals surface area contributed by atoms with E-state index in [1.165, 1.54) is 4.90 Å². The molecule has 0 aromatic heterocycles. The van der Waals surface area contributed by atoms with Gasteiger partial charge in [-0.1, -0.05) is 13.8 Å². The first kappa shape index (κ1) is 13.4. The van der Waals surface area contributed by atoms with Crippen molar-refractivity contribution in [2.45, 2.75) is 26.7 Å². The number of hydrogen-bond donors (Lipinski definition) is 0. The van der Waals surface area contributed by atoms with Crippen LogP contribution in [0.1, 0.15) is 20.3 Å². The topological polar surface area (TPSA) is 23.6 Å². The van der Waals surface area contributed by atoms with Gasteiger partial charge in [0.15, 0.2) is 0 Å². The third-order valence-electron chi connectivity index (χ3n) is 2.89. The summed E-state index contributed by atoms with van der Waals surface area (Å²) < 4.78 is 24.3. The number of alkyl halides is 2. The van der Waals surface area contributed by atoms with Crippen LogP contribution in [0, 0.1) is 5.92 Å². The fourth-order valence-corrected chi connectivity index (χ4v) is 1.77. The maximum Gasteiger partial charge on any atom is 0.315 e. The molecule has 1 saturated heterocycles. The molecule has 16 heavy (non-hydrogen) atoms. The van der Waals surface area contributed by atoms with Gasteiger partial charge in [0.2, 0.25) is 0 Å². The van der Waals surface area contributed by atoms with Gasteiger partial charge in [0.05, 0.1) is 0 Å². The normalized spacial score (nSPS) is 18.5. The standard InChI is InChI=1S/C11H20F2N2O/c1-9(2)3-4-14-5-7-15(8-6-14)11(16)10(12)13/h9-10H,3-8H2,1-2H3. The van der Waals surface area contributed by atoms with Crippen molar-refractivity contribution >= 4 is 5.91 Å². The Morgan fingerprint density at radius 3 is 2.19 bits per heavy atom. The van der Waals surface area contributed by atoms with E-state index in [2.05, 4.69) is 18.7 Å². The zero-order valence-corrected chi connectivity index (χ0v) is 9.96. The van der Waals surface area contributed by atoms with E-state index in [4.69, 9.17) is 0 Å². The van der Waals surface area contributed by atoms with Crippen molar-refractivity contribution in [1.29, 1.82) is 0 Å². The molecule has 0 saturated carbocycles. The van der Waals surface area contributed by atoms with Crippen LogP contribution in [-0.2, 0) is 4.79 Å². The minimum absolute atomic E-state index is 0.432. The van der Waals surface area contributed by atoms with E-state index in [0.717, 1.165) is 13.0 Å². The molecule has 0 atom stereocenters. The fraction of sp³-hybridized carbons (Fsp3) is 0.909. The number of carbonyl (C=O) groups excluding carboxylic acids is 1. The highest BCUT2D eigenvalue weighted by Gasteiger charge is 2.26. The number of amides is 1. The van der Waals surface area contributed by atoms with Gasteiger partial charge in [-0.15, -0.1) is 0 Å². The zero-order valence-electron chi connectivity index (χ0n) is 9.96. The molecule has 0 N–H and O–H groups in total. The summed E-state index contributed by atoms with van der Waals surface area (Å²) in [5.41, 5.74) is 0. The van der Waals surface area contributed by atoms with Crippen LogP contribution in [0.4, 0.5) is 8.78 Å². The summed E-state index contributed by atoms with van der Waals surface area (Å²) in [6.07, 6.45) is -1.75. The summed E-state index contributed by atoms with van der Waals surface area (Å²) in [6, 6.07) is 0. The molecule has 0 unspecified atom stereocenters. The molecule has 0 spiro atoms. The van der Waals surface area contributed by atoms with E-state index in [0.29, 0.717) is 32.1 Å². The van der Waals surface area contributed by atoms with Crippen LogP contribution >= 0.6 is 0 Å². The van der Waals surface area contributed by atoms with Crippen LogP contribution < -0.4 is 0 Å². The molecule has 0 aliphatic carbocycles. The van der Waals surface area contributed by atoms with E-state index in [-0.39, 0.29) is 0 Å². The van der Waals surface area contributed by atoms with E-state index in [1.54, 1.807) is 0 Å². The fourth-order valence-electron chi connectivity index (χ4n) is 1.77. The molecule has 1 aliphatic heterocycles. The van der Waals surface area contributed by atoms with E-state index in [9.17, 15) is 13.6 Å². The van der Waals surface area contributed by atoms with E-state index < -0.39 is 12.3 Å². The molecule has 0 radical (unpaired) electrons. The SMILES string of the molecule is CC(C)CCN1CCN(C(=O)C(F)F)CC1. The minimum atomic E-state index is -2.86. The highest BCUT2D eigenvalue weighted by molar-refractivity contribution is 5.79. The van der Waals surface area contributed by atoms with Gasteiger partial charge in [-0.3, -0.25) is 9.69 Å². The van der Waals surface area contributed by atoms with Gasteiger partial charge in [0, 0.05) is 26.2 Å². The lowest BCUT2D eigenvalue weighted by atomic mass is 10.1. The second-order valence-corrected chi connectivity index (χ2v) is 4.65. The smallest absolute Gasteiger partial charge is 0.315 e. The second kappa shape index (κ2) is 6.13. The Hall–Kier alpha value is -0.710. The molecular weight excluding hydrogens is 214 g/mol. The highest BCUT2D eigenvalue weighted by atomic mass is 19.3. The molecule has 1 fully saturated rings. The maximum atomic E-state index is 12.2. The number of nitrogens with zero attached hydrogens (tertiary/aromatic N) is 2. The predicted molar refractivity (Wildman–Crippen MR) is 58.5 cm³/mol. The van der Waals surface area contributed by atoms with Crippen LogP contribution in [0.25, 0.3) is 0 Å². The average Bonchev–Trinajstić information content (AvgIpc) is 2.26. The molecule has 3 nitrogen and oxygen atoms in total.